The van der Waals surface area contributed by atoms with Gasteiger partial charge in [0.15, 0.2) is 6.17 Å². The molecule has 8 nitrogen and oxygen atoms in total. The molecule has 12 heteroatoms. The zero-order chi connectivity index (χ0) is 18.8. The molecule has 2 amide bonds. The predicted octanol–water partition coefficient (Wildman–Crippen LogP) is 1.73. The normalized spacial score (nSPS) is 12.7. The van der Waals surface area contributed by atoms with Crippen molar-refractivity contribution in [1.82, 2.24) is 10.3 Å². The van der Waals surface area contributed by atoms with Gasteiger partial charge in [0.1, 0.15) is 5.75 Å². The number of carbonyl (C=O) groups is 2. The van der Waals surface area contributed by atoms with Crippen LogP contribution in [-0.2, 0) is 9.59 Å². The predicted molar refractivity (Wildman–Crippen MR) is 82.0 cm³/mol. The minimum absolute atomic E-state index is 0.0928. The third kappa shape index (κ3) is 4.78. The zero-order valence-corrected chi connectivity index (χ0v) is 13.5. The van der Waals surface area contributed by atoms with Crippen LogP contribution < -0.4 is 20.9 Å². The molecule has 1 heterocycles. The Morgan fingerprint density at radius 1 is 1.48 bits per heavy atom. The van der Waals surface area contributed by atoms with E-state index in [4.69, 9.17) is 5.73 Å². The maximum absolute atomic E-state index is 12.2. The molecule has 0 unspecified atom stereocenters. The molecule has 1 atom stereocenters. The number of nitrogens with two attached hydrogens (primary N) is 1. The lowest BCUT2D eigenvalue weighted by Gasteiger charge is -2.17. The Hall–Kier alpha value is -2.44. The number of rotatable bonds is 5. The van der Waals surface area contributed by atoms with Crippen LogP contribution in [0.2, 0.25) is 0 Å². The molecule has 0 aliphatic heterocycles. The first kappa shape index (κ1) is 18.9. The molecule has 136 valence electrons. The summed E-state index contributed by atoms with van der Waals surface area (Å²) in [6.45, 7) is 1.55. The van der Waals surface area contributed by atoms with Gasteiger partial charge in [-0.25, -0.2) is 4.98 Å². The second kappa shape index (κ2) is 7.21. The van der Waals surface area contributed by atoms with Crippen LogP contribution in [0, 0.1) is 0 Å². The molecule has 1 aromatic heterocycles. The van der Waals surface area contributed by atoms with Gasteiger partial charge in [0, 0.05) is 12.5 Å². The number of hydrogen-bond acceptors (Lipinski definition) is 7. The number of fused-ring (bicyclic) bond motifs is 1. The second-order valence-corrected chi connectivity index (χ2v) is 5.73. The van der Waals surface area contributed by atoms with E-state index in [0.717, 1.165) is 23.5 Å². The number of benzene rings is 1. The number of thiazole rings is 1. The molecule has 0 radical (unpaired) electrons. The Kier molecular flexibility index (Phi) is 5.45. The summed E-state index contributed by atoms with van der Waals surface area (Å²) in [6.07, 6.45) is -6.24. The monoisotopic (exact) mass is 378 g/mol. The highest BCUT2D eigenvalue weighted by atomic mass is 32.1. The SMILES string of the molecule is CCC(=O)N[C@@H](N)C(=O)N(O)c1nc2ccc(OC(F)(F)F)cc2s1. The molecule has 0 saturated carbocycles. The Balaban J connectivity index is 2.20. The van der Waals surface area contributed by atoms with Gasteiger partial charge < -0.3 is 15.8 Å². The van der Waals surface area contributed by atoms with Crippen LogP contribution in [0.25, 0.3) is 10.2 Å². The van der Waals surface area contributed by atoms with Crippen molar-refractivity contribution < 1.29 is 32.7 Å². The van der Waals surface area contributed by atoms with Gasteiger partial charge in [-0.3, -0.25) is 14.8 Å². The Morgan fingerprint density at radius 2 is 2.16 bits per heavy atom. The van der Waals surface area contributed by atoms with Crippen LogP contribution in [0.15, 0.2) is 18.2 Å². The first-order chi connectivity index (χ1) is 11.6. The standard InChI is InChI=1S/C13H13F3N4O4S/c1-2-9(21)19-10(17)11(22)20(23)12-18-7-4-3-6(5-8(7)25-12)24-13(14,15)16/h3-5,10,23H,2,17H2,1H3,(H,19,21)/t10-/m1/s1. The largest absolute Gasteiger partial charge is 0.573 e. The maximum atomic E-state index is 12.2. The van der Waals surface area contributed by atoms with Crippen molar-refractivity contribution in [1.29, 1.82) is 0 Å². The summed E-state index contributed by atoms with van der Waals surface area (Å²) in [5.74, 6) is -2.00. The van der Waals surface area contributed by atoms with Gasteiger partial charge >= 0.3 is 6.36 Å². The van der Waals surface area contributed by atoms with E-state index in [9.17, 15) is 28.0 Å². The number of hydrogen-bond donors (Lipinski definition) is 3. The van der Waals surface area contributed by atoms with Crippen molar-refractivity contribution in [2.45, 2.75) is 25.9 Å². The van der Waals surface area contributed by atoms with Gasteiger partial charge in [0.2, 0.25) is 11.0 Å². The molecular formula is C13H13F3N4O4S. The van der Waals surface area contributed by atoms with Crippen molar-refractivity contribution in [3.05, 3.63) is 18.2 Å². The van der Waals surface area contributed by atoms with Crippen molar-refractivity contribution in [2.24, 2.45) is 5.73 Å². The van der Waals surface area contributed by atoms with Gasteiger partial charge in [-0.1, -0.05) is 18.3 Å². The summed E-state index contributed by atoms with van der Waals surface area (Å²) >= 11 is 0.744. The molecule has 2 aromatic rings. The number of alkyl halides is 3. The van der Waals surface area contributed by atoms with E-state index in [1.165, 1.54) is 6.07 Å². The fourth-order valence-electron chi connectivity index (χ4n) is 1.74. The van der Waals surface area contributed by atoms with Gasteiger partial charge in [-0.15, -0.1) is 13.2 Å². The number of hydroxylamine groups is 1. The van der Waals surface area contributed by atoms with E-state index >= 15 is 0 Å². The number of ether oxygens (including phenoxy) is 1. The molecular weight excluding hydrogens is 365 g/mol. The summed E-state index contributed by atoms with van der Waals surface area (Å²) in [4.78, 5) is 27.1. The lowest BCUT2D eigenvalue weighted by atomic mass is 10.3. The van der Waals surface area contributed by atoms with Crippen molar-refractivity contribution in [3.63, 3.8) is 0 Å². The summed E-state index contributed by atoms with van der Waals surface area (Å²) in [7, 11) is 0. The van der Waals surface area contributed by atoms with E-state index in [1.807, 2.05) is 0 Å². The highest BCUT2D eigenvalue weighted by Gasteiger charge is 2.31. The Bertz CT molecular complexity index is 795. The fourth-order valence-corrected chi connectivity index (χ4v) is 2.65. The van der Waals surface area contributed by atoms with Crippen LogP contribution in [0.3, 0.4) is 0 Å². The Labute approximate surface area is 142 Å². The van der Waals surface area contributed by atoms with Crippen molar-refractivity contribution in [2.75, 3.05) is 5.06 Å². The van der Waals surface area contributed by atoms with E-state index < -0.39 is 30.1 Å². The summed E-state index contributed by atoms with van der Waals surface area (Å²) < 4.78 is 40.7. The summed E-state index contributed by atoms with van der Waals surface area (Å²) in [5.41, 5.74) is 5.71. The summed E-state index contributed by atoms with van der Waals surface area (Å²) in [5, 5.41) is 12.0. The molecule has 2 rings (SSSR count). The van der Waals surface area contributed by atoms with E-state index in [2.05, 4.69) is 15.0 Å². The topological polar surface area (TPSA) is 118 Å². The van der Waals surface area contributed by atoms with Crippen LogP contribution in [0.4, 0.5) is 18.3 Å². The quantitative estimate of drug-likeness (QED) is 0.414. The van der Waals surface area contributed by atoms with Crippen molar-refractivity contribution in [3.8, 4) is 5.75 Å². The minimum atomic E-state index is -4.84. The average molecular weight is 378 g/mol. The molecule has 0 bridgehead atoms. The number of nitrogens with zero attached hydrogens (tertiary/aromatic N) is 2. The zero-order valence-electron chi connectivity index (χ0n) is 12.7. The number of halogens is 3. The van der Waals surface area contributed by atoms with Crippen LogP contribution in [0.5, 0.6) is 5.75 Å². The fraction of sp³-hybridized carbons (Fsp3) is 0.308. The minimum Gasteiger partial charge on any atom is -0.406 e. The third-order valence-corrected chi connectivity index (χ3v) is 3.87. The lowest BCUT2D eigenvalue weighted by molar-refractivity contribution is -0.274. The maximum Gasteiger partial charge on any atom is 0.573 e. The lowest BCUT2D eigenvalue weighted by Crippen LogP contribution is -2.53. The van der Waals surface area contributed by atoms with Crippen LogP contribution in [0.1, 0.15) is 13.3 Å². The Morgan fingerprint density at radius 3 is 2.76 bits per heavy atom. The molecule has 0 aliphatic rings. The van der Waals surface area contributed by atoms with E-state index in [-0.39, 0.29) is 26.8 Å². The van der Waals surface area contributed by atoms with Gasteiger partial charge in [-0.05, 0) is 12.1 Å². The first-order valence-electron chi connectivity index (χ1n) is 6.85. The number of aromatic nitrogens is 1. The third-order valence-electron chi connectivity index (χ3n) is 2.88. The molecule has 0 saturated heterocycles. The smallest absolute Gasteiger partial charge is 0.406 e. The number of anilines is 1. The molecule has 1 aromatic carbocycles. The van der Waals surface area contributed by atoms with Gasteiger partial charge in [0.25, 0.3) is 5.91 Å². The summed E-state index contributed by atoms with van der Waals surface area (Å²) in [6, 6.07) is 3.37. The molecule has 25 heavy (non-hydrogen) atoms. The molecule has 0 aliphatic carbocycles. The number of carbonyl (C=O) groups excluding carboxylic acids is 2. The molecule has 0 fully saturated rings. The highest BCUT2D eigenvalue weighted by molar-refractivity contribution is 7.22. The molecule has 4 N–H and O–H groups in total. The van der Waals surface area contributed by atoms with Crippen molar-refractivity contribution >= 4 is 38.5 Å². The van der Waals surface area contributed by atoms with E-state index in [1.54, 1.807) is 6.92 Å². The molecule has 0 spiro atoms. The van der Waals surface area contributed by atoms with Gasteiger partial charge in [0.05, 0.1) is 10.2 Å². The highest BCUT2D eigenvalue weighted by Crippen LogP contribution is 2.32. The average Bonchev–Trinajstić information content (AvgIpc) is 2.94. The number of nitrogens with one attached hydrogen (secondary N) is 1. The second-order valence-electron chi connectivity index (χ2n) is 4.72. The van der Waals surface area contributed by atoms with Gasteiger partial charge in [-0.2, -0.15) is 5.06 Å². The van der Waals surface area contributed by atoms with Crippen LogP contribution in [-0.4, -0.2) is 34.5 Å². The number of amides is 2. The van der Waals surface area contributed by atoms with Crippen LogP contribution >= 0.6 is 11.3 Å². The van der Waals surface area contributed by atoms with E-state index in [0.29, 0.717) is 0 Å². The first-order valence-corrected chi connectivity index (χ1v) is 7.66.